The molecule has 1 aromatic rings. The Kier molecular flexibility index (Phi) is 4.26. The minimum Gasteiger partial charge on any atom is -0.297 e. The average Bonchev–Trinajstić information content (AvgIpc) is 2.89. The highest BCUT2D eigenvalue weighted by Crippen LogP contribution is 2.30. The van der Waals surface area contributed by atoms with Gasteiger partial charge in [0, 0.05) is 31.9 Å². The van der Waals surface area contributed by atoms with Gasteiger partial charge in [0.1, 0.15) is 0 Å². The summed E-state index contributed by atoms with van der Waals surface area (Å²) in [5.74, 6) is 0. The zero-order valence-corrected chi connectivity index (χ0v) is 12.3. The molecule has 0 spiro atoms. The maximum absolute atomic E-state index is 9.13. The number of hydrogen-bond acceptors (Lipinski definition) is 3. The third-order valence-electron chi connectivity index (χ3n) is 4.32. The van der Waals surface area contributed by atoms with Gasteiger partial charge in [-0.15, -0.1) is 0 Å². The Labute approximate surface area is 116 Å². The van der Waals surface area contributed by atoms with Crippen LogP contribution in [0.25, 0.3) is 0 Å². The van der Waals surface area contributed by atoms with E-state index in [-0.39, 0.29) is 5.41 Å². The Morgan fingerprint density at radius 3 is 2.74 bits per heavy atom. The van der Waals surface area contributed by atoms with Crippen molar-refractivity contribution in [3.8, 4) is 6.07 Å². The number of nitrogens with zero attached hydrogens (tertiary/aromatic N) is 4. The van der Waals surface area contributed by atoms with E-state index in [1.165, 1.54) is 0 Å². The minimum absolute atomic E-state index is 0.118. The lowest BCUT2D eigenvalue weighted by Crippen LogP contribution is -2.37. The van der Waals surface area contributed by atoms with E-state index in [0.717, 1.165) is 44.6 Å². The molecule has 0 bridgehead atoms. The smallest absolute Gasteiger partial charge is 0.0764 e. The second-order valence-electron chi connectivity index (χ2n) is 5.99. The number of piperidine rings is 1. The molecule has 4 nitrogen and oxygen atoms in total. The van der Waals surface area contributed by atoms with Crippen molar-refractivity contribution in [3.05, 3.63) is 18.0 Å². The summed E-state index contributed by atoms with van der Waals surface area (Å²) in [7, 11) is 0. The molecule has 1 aromatic heterocycles. The molecule has 0 saturated carbocycles. The van der Waals surface area contributed by atoms with Crippen molar-refractivity contribution < 1.29 is 0 Å². The maximum Gasteiger partial charge on any atom is 0.0764 e. The Bertz CT molecular complexity index is 449. The SMILES string of the molecule is CCC(C)n1ccc(CN2CCC(C)(C#N)CC2)n1. The second-order valence-corrected chi connectivity index (χ2v) is 5.99. The van der Waals surface area contributed by atoms with Crippen molar-refractivity contribution in [2.24, 2.45) is 5.41 Å². The summed E-state index contributed by atoms with van der Waals surface area (Å²) in [4.78, 5) is 2.41. The molecule has 1 aliphatic rings. The van der Waals surface area contributed by atoms with Crippen LogP contribution < -0.4 is 0 Å². The van der Waals surface area contributed by atoms with Crippen LogP contribution in [0.2, 0.25) is 0 Å². The largest absolute Gasteiger partial charge is 0.297 e. The number of rotatable bonds is 4. The molecule has 0 aromatic carbocycles. The van der Waals surface area contributed by atoms with Gasteiger partial charge in [-0.05, 0) is 39.2 Å². The fourth-order valence-corrected chi connectivity index (χ4v) is 2.44. The molecule has 0 radical (unpaired) electrons. The quantitative estimate of drug-likeness (QED) is 0.836. The first kappa shape index (κ1) is 14.1. The third-order valence-corrected chi connectivity index (χ3v) is 4.32. The fraction of sp³-hybridized carbons (Fsp3) is 0.733. The highest BCUT2D eigenvalue weighted by atomic mass is 15.3. The van der Waals surface area contributed by atoms with Crippen LogP contribution in [0.15, 0.2) is 12.3 Å². The van der Waals surface area contributed by atoms with Gasteiger partial charge in [-0.25, -0.2) is 0 Å². The van der Waals surface area contributed by atoms with E-state index in [1.54, 1.807) is 0 Å². The van der Waals surface area contributed by atoms with Crippen LogP contribution in [0.5, 0.6) is 0 Å². The van der Waals surface area contributed by atoms with E-state index in [0.29, 0.717) is 6.04 Å². The first-order chi connectivity index (χ1) is 9.06. The summed E-state index contributed by atoms with van der Waals surface area (Å²) in [6.07, 6.45) is 5.11. The lowest BCUT2D eigenvalue weighted by atomic mass is 9.82. The van der Waals surface area contributed by atoms with Crippen LogP contribution in [0.1, 0.15) is 51.8 Å². The van der Waals surface area contributed by atoms with Crippen molar-refractivity contribution in [3.63, 3.8) is 0 Å². The van der Waals surface area contributed by atoms with Crippen molar-refractivity contribution in [1.29, 1.82) is 5.26 Å². The van der Waals surface area contributed by atoms with Crippen LogP contribution >= 0.6 is 0 Å². The van der Waals surface area contributed by atoms with E-state index < -0.39 is 0 Å². The summed E-state index contributed by atoms with van der Waals surface area (Å²) in [6.45, 7) is 9.35. The molecule has 0 N–H and O–H groups in total. The van der Waals surface area contributed by atoms with Crippen LogP contribution in [0.3, 0.4) is 0 Å². The predicted octanol–water partition coefficient (Wildman–Crippen LogP) is 2.98. The first-order valence-electron chi connectivity index (χ1n) is 7.24. The Balaban J connectivity index is 1.89. The fourth-order valence-electron chi connectivity index (χ4n) is 2.44. The van der Waals surface area contributed by atoms with Gasteiger partial charge in [0.2, 0.25) is 0 Å². The summed E-state index contributed by atoms with van der Waals surface area (Å²) in [6, 6.07) is 5.03. The van der Waals surface area contributed by atoms with Gasteiger partial charge < -0.3 is 0 Å². The molecule has 0 amide bonds. The zero-order chi connectivity index (χ0) is 13.9. The molecule has 1 unspecified atom stereocenters. The Morgan fingerprint density at radius 1 is 1.47 bits per heavy atom. The van der Waals surface area contributed by atoms with Gasteiger partial charge in [0.05, 0.1) is 17.2 Å². The molecule has 1 aliphatic heterocycles. The molecule has 1 saturated heterocycles. The lowest BCUT2D eigenvalue weighted by molar-refractivity contribution is 0.148. The summed E-state index contributed by atoms with van der Waals surface area (Å²) < 4.78 is 2.05. The summed E-state index contributed by atoms with van der Waals surface area (Å²) in [5.41, 5.74) is 1.02. The molecule has 2 heterocycles. The molecule has 0 aliphatic carbocycles. The Morgan fingerprint density at radius 2 is 2.16 bits per heavy atom. The van der Waals surface area contributed by atoms with Gasteiger partial charge in [-0.3, -0.25) is 9.58 Å². The molecule has 19 heavy (non-hydrogen) atoms. The number of nitriles is 1. The molecular formula is C15H24N4. The monoisotopic (exact) mass is 260 g/mol. The number of likely N-dealkylation sites (tertiary alicyclic amines) is 1. The normalized spacial score (nSPS) is 20.9. The van der Waals surface area contributed by atoms with Gasteiger partial charge in [0.15, 0.2) is 0 Å². The van der Waals surface area contributed by atoms with Crippen molar-refractivity contribution in [2.45, 2.75) is 52.6 Å². The highest BCUT2D eigenvalue weighted by molar-refractivity contribution is 5.02. The van der Waals surface area contributed by atoms with Gasteiger partial charge >= 0.3 is 0 Å². The van der Waals surface area contributed by atoms with E-state index in [2.05, 4.69) is 53.8 Å². The van der Waals surface area contributed by atoms with Crippen molar-refractivity contribution >= 4 is 0 Å². The van der Waals surface area contributed by atoms with Gasteiger partial charge in [-0.2, -0.15) is 10.4 Å². The Hall–Kier alpha value is -1.34. The van der Waals surface area contributed by atoms with Crippen LogP contribution in [-0.2, 0) is 6.54 Å². The minimum atomic E-state index is -0.118. The highest BCUT2D eigenvalue weighted by Gasteiger charge is 2.29. The number of aromatic nitrogens is 2. The van der Waals surface area contributed by atoms with Crippen LogP contribution in [0, 0.1) is 16.7 Å². The molecule has 1 atom stereocenters. The first-order valence-corrected chi connectivity index (χ1v) is 7.24. The van der Waals surface area contributed by atoms with E-state index in [4.69, 9.17) is 5.26 Å². The molecule has 1 fully saturated rings. The number of hydrogen-bond donors (Lipinski definition) is 0. The van der Waals surface area contributed by atoms with Gasteiger partial charge in [0.25, 0.3) is 0 Å². The van der Waals surface area contributed by atoms with Gasteiger partial charge in [-0.1, -0.05) is 6.92 Å². The average molecular weight is 260 g/mol. The lowest BCUT2D eigenvalue weighted by Gasteiger charge is -2.34. The summed E-state index contributed by atoms with van der Waals surface area (Å²) in [5, 5.41) is 13.8. The molecule has 2 rings (SSSR count). The second kappa shape index (κ2) is 5.75. The van der Waals surface area contributed by atoms with E-state index in [1.807, 2.05) is 0 Å². The summed E-state index contributed by atoms with van der Waals surface area (Å²) >= 11 is 0. The van der Waals surface area contributed by atoms with E-state index in [9.17, 15) is 0 Å². The topological polar surface area (TPSA) is 44.9 Å². The zero-order valence-electron chi connectivity index (χ0n) is 12.3. The maximum atomic E-state index is 9.13. The van der Waals surface area contributed by atoms with Crippen molar-refractivity contribution in [2.75, 3.05) is 13.1 Å². The molecule has 104 valence electrons. The van der Waals surface area contributed by atoms with Crippen LogP contribution in [-0.4, -0.2) is 27.8 Å². The van der Waals surface area contributed by atoms with E-state index >= 15 is 0 Å². The van der Waals surface area contributed by atoms with Crippen LogP contribution in [0.4, 0.5) is 0 Å². The molecule has 4 heteroatoms. The van der Waals surface area contributed by atoms with Crippen molar-refractivity contribution in [1.82, 2.24) is 14.7 Å². The third kappa shape index (κ3) is 3.36. The molecular weight excluding hydrogens is 236 g/mol. The standard InChI is InChI=1S/C15H24N4/c1-4-13(2)19-8-5-14(17-19)11-18-9-6-15(3,12-16)7-10-18/h5,8,13H,4,6-7,9-11H2,1-3H3. The predicted molar refractivity (Wildman–Crippen MR) is 75.5 cm³/mol.